The number of methoxy groups -OCH3 is 2. The first-order valence-electron chi connectivity index (χ1n) is 14.2. The number of rotatable bonds is 5. The van der Waals surface area contributed by atoms with Gasteiger partial charge >= 0.3 is 0 Å². The maximum Gasteiger partial charge on any atom is 0.238 e. The van der Waals surface area contributed by atoms with Gasteiger partial charge in [-0.15, -0.1) is 0 Å². The Morgan fingerprint density at radius 2 is 1.69 bits per heavy atom. The average molecular weight is 565 g/mol. The summed E-state index contributed by atoms with van der Waals surface area (Å²) in [6, 6.07) is 17.2. The molecule has 1 N–H and O–H groups in total. The fourth-order valence-electron chi connectivity index (χ4n) is 7.16. The van der Waals surface area contributed by atoms with Crippen molar-refractivity contribution >= 4 is 34.4 Å². The lowest BCUT2D eigenvalue weighted by Gasteiger charge is -2.40. The van der Waals surface area contributed by atoms with Crippen LogP contribution in [0.4, 0.5) is 11.4 Å². The summed E-state index contributed by atoms with van der Waals surface area (Å²) in [6.45, 7) is 9.67. The molecule has 216 valence electrons. The first-order chi connectivity index (χ1) is 19.9. The Balaban J connectivity index is 1.72. The second kappa shape index (κ2) is 9.58. The topological polar surface area (TPSA) is 84.9 Å². The standard InChI is InChI=1S/C35H36N2O5/c1-19-12-14-26-22(16-19)20(2)17-28-35(24-10-8-9-11-25(24)36-33(35)40)29(30(37(26)28)32(39)34(3,4)5)31(38)23-18-21(41-6)13-15-27(23)42-7/h8-18,28-30H,1-7H3,(H,36,40)/t28-,29+,30-,35+/m1/s1. The zero-order chi connectivity index (χ0) is 30.1. The Hall–Kier alpha value is -4.39. The van der Waals surface area contributed by atoms with Gasteiger partial charge in [-0.05, 0) is 61.4 Å². The number of carbonyl (C=O) groups is 3. The third-order valence-electron chi connectivity index (χ3n) is 9.09. The number of hydrogen-bond acceptors (Lipinski definition) is 6. The van der Waals surface area contributed by atoms with E-state index in [4.69, 9.17) is 9.47 Å². The molecule has 42 heavy (non-hydrogen) atoms. The number of ether oxygens (including phenoxy) is 2. The first-order valence-corrected chi connectivity index (χ1v) is 14.2. The van der Waals surface area contributed by atoms with Crippen molar-refractivity contribution in [1.29, 1.82) is 0 Å². The minimum Gasteiger partial charge on any atom is -0.497 e. The molecule has 1 saturated heterocycles. The largest absolute Gasteiger partial charge is 0.497 e. The monoisotopic (exact) mass is 564 g/mol. The number of aryl methyl sites for hydroxylation is 1. The highest BCUT2D eigenvalue weighted by atomic mass is 16.5. The van der Waals surface area contributed by atoms with Crippen LogP contribution < -0.4 is 19.7 Å². The van der Waals surface area contributed by atoms with Gasteiger partial charge in [0.15, 0.2) is 11.6 Å². The molecule has 1 amide bonds. The molecular formula is C35H36N2O5. The molecule has 0 saturated carbocycles. The molecule has 0 unspecified atom stereocenters. The fraction of sp³-hybridized carbons (Fsp3) is 0.343. The van der Waals surface area contributed by atoms with Crippen molar-refractivity contribution in [2.75, 3.05) is 24.4 Å². The van der Waals surface area contributed by atoms with Gasteiger partial charge in [0.1, 0.15) is 23.0 Å². The lowest BCUT2D eigenvalue weighted by atomic mass is 9.63. The zero-order valence-corrected chi connectivity index (χ0v) is 25.1. The van der Waals surface area contributed by atoms with Crippen LogP contribution >= 0.6 is 0 Å². The number of para-hydroxylation sites is 1. The predicted octanol–water partition coefficient (Wildman–Crippen LogP) is 5.99. The molecule has 6 rings (SSSR count). The summed E-state index contributed by atoms with van der Waals surface area (Å²) in [6.07, 6.45) is 2.07. The van der Waals surface area contributed by atoms with Crippen LogP contribution in [0.5, 0.6) is 11.5 Å². The van der Waals surface area contributed by atoms with E-state index in [0.717, 1.165) is 22.4 Å². The van der Waals surface area contributed by atoms with E-state index in [1.807, 2.05) is 75.9 Å². The van der Waals surface area contributed by atoms with Crippen LogP contribution in [0.15, 0.2) is 66.7 Å². The van der Waals surface area contributed by atoms with E-state index >= 15 is 4.79 Å². The highest BCUT2D eigenvalue weighted by Gasteiger charge is 2.71. The number of amides is 1. The van der Waals surface area contributed by atoms with Gasteiger partial charge in [-0.2, -0.15) is 0 Å². The maximum atomic E-state index is 15.1. The number of hydrogen-bond donors (Lipinski definition) is 1. The molecule has 7 nitrogen and oxygen atoms in total. The van der Waals surface area contributed by atoms with Crippen LogP contribution in [0.1, 0.15) is 54.7 Å². The summed E-state index contributed by atoms with van der Waals surface area (Å²) in [5.74, 6) is -0.957. The van der Waals surface area contributed by atoms with Gasteiger partial charge in [0.25, 0.3) is 0 Å². The van der Waals surface area contributed by atoms with Crippen LogP contribution in [-0.2, 0) is 15.0 Å². The predicted molar refractivity (Wildman–Crippen MR) is 163 cm³/mol. The number of benzene rings is 3. The second-order valence-electron chi connectivity index (χ2n) is 12.6. The highest BCUT2D eigenvalue weighted by molar-refractivity contribution is 6.18. The highest BCUT2D eigenvalue weighted by Crippen LogP contribution is 2.59. The summed E-state index contributed by atoms with van der Waals surface area (Å²) >= 11 is 0. The van der Waals surface area contributed by atoms with Crippen LogP contribution in [0.2, 0.25) is 0 Å². The van der Waals surface area contributed by atoms with Crippen LogP contribution in [-0.4, -0.2) is 43.8 Å². The van der Waals surface area contributed by atoms with Crippen molar-refractivity contribution in [3.05, 3.63) is 89.0 Å². The van der Waals surface area contributed by atoms with E-state index in [9.17, 15) is 9.59 Å². The molecule has 3 heterocycles. The zero-order valence-electron chi connectivity index (χ0n) is 25.1. The lowest BCUT2D eigenvalue weighted by molar-refractivity contribution is -0.128. The minimum atomic E-state index is -1.38. The van der Waals surface area contributed by atoms with Crippen molar-refractivity contribution in [2.45, 2.75) is 52.1 Å². The molecule has 4 atom stereocenters. The van der Waals surface area contributed by atoms with E-state index in [-0.39, 0.29) is 23.0 Å². The molecule has 0 aromatic heterocycles. The Morgan fingerprint density at radius 1 is 0.952 bits per heavy atom. The van der Waals surface area contributed by atoms with E-state index in [2.05, 4.69) is 17.5 Å². The number of allylic oxidation sites excluding steroid dienone is 1. The SMILES string of the molecule is COc1ccc(OC)c(C(=O)[C@@H]2[C@H](C(=O)C(C)(C)C)N3c4ccc(C)cc4C(C)=C[C@@H]3[C@]23C(=O)Nc2ccccc23)c1. The average Bonchev–Trinajstić information content (AvgIpc) is 3.43. The Morgan fingerprint density at radius 3 is 2.38 bits per heavy atom. The molecule has 0 aliphatic carbocycles. The number of Topliss-reactive ketones (excluding diaryl/α,β-unsaturated/α-hetero) is 2. The lowest BCUT2D eigenvalue weighted by Crippen LogP contribution is -2.51. The summed E-state index contributed by atoms with van der Waals surface area (Å²) in [5.41, 5.74) is 3.39. The van der Waals surface area contributed by atoms with Crippen molar-refractivity contribution in [3.63, 3.8) is 0 Å². The van der Waals surface area contributed by atoms with Gasteiger partial charge in [0, 0.05) is 22.4 Å². The van der Waals surface area contributed by atoms with Gasteiger partial charge in [-0.3, -0.25) is 14.4 Å². The number of ketones is 2. The van der Waals surface area contributed by atoms with Crippen LogP contribution in [0.25, 0.3) is 5.57 Å². The maximum absolute atomic E-state index is 15.1. The summed E-state index contributed by atoms with van der Waals surface area (Å²) in [4.78, 5) is 46.4. The first kappa shape index (κ1) is 27.8. The number of carbonyl (C=O) groups excluding carboxylic acids is 3. The molecule has 3 aromatic carbocycles. The van der Waals surface area contributed by atoms with Crippen molar-refractivity contribution < 1.29 is 23.9 Å². The van der Waals surface area contributed by atoms with Gasteiger partial charge < -0.3 is 19.7 Å². The third-order valence-corrected chi connectivity index (χ3v) is 9.09. The van der Waals surface area contributed by atoms with E-state index in [0.29, 0.717) is 22.7 Å². The molecule has 1 fully saturated rings. The molecule has 0 bridgehead atoms. The quantitative estimate of drug-likeness (QED) is 0.383. The van der Waals surface area contributed by atoms with Gasteiger partial charge in [0.05, 0.1) is 31.7 Å². The van der Waals surface area contributed by atoms with Gasteiger partial charge in [-0.1, -0.05) is 56.7 Å². The van der Waals surface area contributed by atoms with Crippen molar-refractivity contribution in [2.24, 2.45) is 11.3 Å². The smallest absolute Gasteiger partial charge is 0.238 e. The number of anilines is 2. The summed E-state index contributed by atoms with van der Waals surface area (Å²) in [7, 11) is 3.04. The molecule has 3 aromatic rings. The Kier molecular flexibility index (Phi) is 6.33. The minimum absolute atomic E-state index is 0.110. The van der Waals surface area contributed by atoms with Crippen molar-refractivity contribution in [3.8, 4) is 11.5 Å². The molecule has 7 heteroatoms. The Labute approximate surface area is 246 Å². The van der Waals surface area contributed by atoms with Gasteiger partial charge in [-0.25, -0.2) is 0 Å². The normalized spacial score (nSPS) is 24.0. The number of nitrogens with one attached hydrogen (secondary N) is 1. The fourth-order valence-corrected chi connectivity index (χ4v) is 7.16. The molecule has 3 aliphatic rings. The molecule has 1 spiro atoms. The molecular weight excluding hydrogens is 528 g/mol. The van der Waals surface area contributed by atoms with Crippen molar-refractivity contribution in [1.82, 2.24) is 0 Å². The molecule has 3 aliphatic heterocycles. The summed E-state index contributed by atoms with van der Waals surface area (Å²) in [5, 5.41) is 3.08. The van der Waals surface area contributed by atoms with Gasteiger partial charge in [0.2, 0.25) is 5.91 Å². The van der Waals surface area contributed by atoms with Crippen LogP contribution in [0, 0.1) is 18.3 Å². The second-order valence-corrected chi connectivity index (χ2v) is 12.6. The Bertz CT molecular complexity index is 1680. The van der Waals surface area contributed by atoms with E-state index in [1.54, 1.807) is 18.2 Å². The number of fused-ring (bicyclic) bond motifs is 6. The summed E-state index contributed by atoms with van der Waals surface area (Å²) < 4.78 is 11.1. The van der Waals surface area contributed by atoms with E-state index < -0.39 is 28.8 Å². The number of nitrogens with zero attached hydrogens (tertiary/aromatic N) is 1. The molecule has 0 radical (unpaired) electrons. The van der Waals surface area contributed by atoms with Crippen LogP contribution in [0.3, 0.4) is 0 Å². The third kappa shape index (κ3) is 3.75. The van der Waals surface area contributed by atoms with E-state index in [1.165, 1.54) is 14.2 Å².